The number of Topliss-reactive ketones (excluding diaryl/α,β-unsaturated/α-hetero) is 1. The maximum Gasteiger partial charge on any atom is 0.439 e. The number of aryl methyl sites for hydroxylation is 1. The van der Waals surface area contributed by atoms with Crippen molar-refractivity contribution in [3.63, 3.8) is 0 Å². The number of aliphatic hydroxyl groups excluding tert-OH is 1. The molecule has 3 aromatic carbocycles. The van der Waals surface area contributed by atoms with Crippen LogP contribution in [0.25, 0.3) is 32.7 Å². The highest BCUT2D eigenvalue weighted by Gasteiger charge is 2.19. The highest BCUT2D eigenvalue weighted by atomic mass is 32.1. The summed E-state index contributed by atoms with van der Waals surface area (Å²) in [6.07, 6.45) is 0.696. The molecular formula is C33H28N4O7S. The van der Waals surface area contributed by atoms with Gasteiger partial charge in [0.2, 0.25) is 0 Å². The van der Waals surface area contributed by atoms with Gasteiger partial charge in [-0.3, -0.25) is 28.2 Å². The molecule has 11 nitrogen and oxygen atoms in total. The number of ketones is 1. The van der Waals surface area contributed by atoms with Gasteiger partial charge in [-0.1, -0.05) is 60.6 Å². The minimum Gasteiger partial charge on any atom is -0.491 e. The lowest BCUT2D eigenvalue weighted by Crippen LogP contribution is -2.41. The Morgan fingerprint density at radius 2 is 1.71 bits per heavy atom. The van der Waals surface area contributed by atoms with Crippen LogP contribution >= 0.6 is 11.3 Å². The van der Waals surface area contributed by atoms with Gasteiger partial charge in [0.05, 0.1) is 25.1 Å². The molecule has 12 heteroatoms. The molecule has 0 amide bonds. The van der Waals surface area contributed by atoms with Gasteiger partial charge in [-0.15, -0.1) is 11.3 Å². The summed E-state index contributed by atoms with van der Waals surface area (Å²) in [5.41, 5.74) is 2.46. The second kappa shape index (κ2) is 12.7. The number of hydrogen-bond donors (Lipinski definition) is 2. The highest BCUT2D eigenvalue weighted by molar-refractivity contribution is 7.18. The Bertz CT molecular complexity index is 2170. The fourth-order valence-corrected chi connectivity index (χ4v) is 6.18. The van der Waals surface area contributed by atoms with Crippen LogP contribution in [0.3, 0.4) is 0 Å². The van der Waals surface area contributed by atoms with E-state index < -0.39 is 29.3 Å². The van der Waals surface area contributed by atoms with Crippen molar-refractivity contribution in [1.29, 1.82) is 0 Å². The number of ether oxygens (including phenoxy) is 1. The maximum atomic E-state index is 13.8. The van der Waals surface area contributed by atoms with Crippen molar-refractivity contribution in [2.45, 2.75) is 26.4 Å². The normalized spacial score (nSPS) is 11.2. The molecule has 6 rings (SSSR count). The van der Waals surface area contributed by atoms with Crippen LogP contribution in [-0.4, -0.2) is 43.4 Å². The van der Waals surface area contributed by atoms with Crippen molar-refractivity contribution in [1.82, 2.24) is 19.3 Å². The second-order valence-electron chi connectivity index (χ2n) is 10.3. The summed E-state index contributed by atoms with van der Waals surface area (Å²) in [5.74, 6) is -0.219. The van der Waals surface area contributed by atoms with Crippen molar-refractivity contribution < 1.29 is 19.2 Å². The quantitative estimate of drug-likeness (QED) is 0.205. The van der Waals surface area contributed by atoms with Crippen molar-refractivity contribution in [3.05, 3.63) is 126 Å². The molecule has 3 aromatic heterocycles. The van der Waals surface area contributed by atoms with Gasteiger partial charge in [-0.2, -0.15) is 0 Å². The number of nitrogens with zero attached hydrogens (tertiary/aromatic N) is 3. The number of rotatable bonds is 11. The molecule has 0 fully saturated rings. The lowest BCUT2D eigenvalue weighted by atomic mass is 9.98. The van der Waals surface area contributed by atoms with Crippen LogP contribution in [0, 0.1) is 0 Å². The number of H-pyrrole nitrogens is 1. The SMILES string of the molecule is CCc1cc2c(=O)n(CC(=O)c3ccc(OCCO)cc3)c(=O)n(Cc3ccc(-c4ccccc4-c4noc(=O)[nH]4)cc3)c2s1. The summed E-state index contributed by atoms with van der Waals surface area (Å²) < 4.78 is 12.6. The number of carbonyl (C=O) groups excluding carboxylic acids is 1. The van der Waals surface area contributed by atoms with Gasteiger partial charge in [0.1, 0.15) is 17.2 Å². The Morgan fingerprint density at radius 1 is 0.978 bits per heavy atom. The van der Waals surface area contributed by atoms with Crippen molar-refractivity contribution >= 4 is 27.3 Å². The van der Waals surface area contributed by atoms with E-state index in [4.69, 9.17) is 9.84 Å². The van der Waals surface area contributed by atoms with E-state index in [1.807, 2.05) is 55.5 Å². The molecule has 0 aliphatic rings. The largest absolute Gasteiger partial charge is 0.491 e. The maximum absolute atomic E-state index is 13.8. The van der Waals surface area contributed by atoms with Gasteiger partial charge < -0.3 is 9.84 Å². The van der Waals surface area contributed by atoms with Gasteiger partial charge in [-0.25, -0.2) is 9.59 Å². The average molecular weight is 625 g/mol. The second-order valence-corrected chi connectivity index (χ2v) is 11.4. The molecular weight excluding hydrogens is 596 g/mol. The van der Waals surface area contributed by atoms with Crippen LogP contribution in [0.15, 0.2) is 97.8 Å². The molecule has 0 spiro atoms. The molecule has 0 atom stereocenters. The topological polar surface area (TPSA) is 149 Å². The fourth-order valence-electron chi connectivity index (χ4n) is 5.10. The molecule has 0 aliphatic carbocycles. The molecule has 3 heterocycles. The van der Waals surface area contributed by atoms with Gasteiger partial charge in [0.25, 0.3) is 5.56 Å². The van der Waals surface area contributed by atoms with E-state index in [0.717, 1.165) is 26.1 Å². The van der Waals surface area contributed by atoms with Gasteiger partial charge in [-0.05, 0) is 53.4 Å². The first kappa shape index (κ1) is 29.7. The van der Waals surface area contributed by atoms with Crippen molar-refractivity contribution in [2.24, 2.45) is 0 Å². The third-order valence-corrected chi connectivity index (χ3v) is 8.66. The third-order valence-electron chi connectivity index (χ3n) is 7.36. The molecule has 0 unspecified atom stereocenters. The number of nitrogens with one attached hydrogen (secondary N) is 1. The molecule has 6 aromatic rings. The summed E-state index contributed by atoms with van der Waals surface area (Å²) in [6, 6.07) is 23.2. The molecule has 0 saturated heterocycles. The molecule has 0 aliphatic heterocycles. The van der Waals surface area contributed by atoms with E-state index >= 15 is 0 Å². The number of aliphatic hydroxyl groups is 1. The van der Waals surface area contributed by atoms with Crippen LogP contribution in [0.1, 0.15) is 27.7 Å². The number of thiophene rings is 1. The summed E-state index contributed by atoms with van der Waals surface area (Å²) in [4.78, 5) is 56.1. The number of benzene rings is 3. The number of aromatic nitrogens is 4. The van der Waals surface area contributed by atoms with Gasteiger partial charge >= 0.3 is 11.4 Å². The van der Waals surface area contributed by atoms with Gasteiger partial charge in [0, 0.05) is 16.0 Å². The fraction of sp³-hybridized carbons (Fsp3) is 0.182. The molecule has 0 saturated carbocycles. The van der Waals surface area contributed by atoms with E-state index in [1.54, 1.807) is 34.9 Å². The summed E-state index contributed by atoms with van der Waals surface area (Å²) in [7, 11) is 0. The lowest BCUT2D eigenvalue weighted by Gasteiger charge is -2.13. The standard InChI is InChI=1S/C33H28N4O7S/c1-2-24-17-27-30(40)36(19-28(39)22-11-13-23(14-12-22)43-16-15-38)33(42)37(31(27)45-24)18-20-7-9-21(10-8-20)25-5-3-4-6-26(25)29-34-32(41)44-35-29/h3-14,17,38H,2,15-16,18-19H2,1H3,(H,34,35,41). The van der Waals surface area contributed by atoms with E-state index in [-0.39, 0.29) is 19.8 Å². The average Bonchev–Trinajstić information content (AvgIpc) is 3.71. The number of hydrogen-bond acceptors (Lipinski definition) is 9. The minimum absolute atomic E-state index is 0.128. The highest BCUT2D eigenvalue weighted by Crippen LogP contribution is 2.30. The smallest absolute Gasteiger partial charge is 0.439 e. The van der Waals surface area contributed by atoms with Crippen LogP contribution in [0.2, 0.25) is 0 Å². The third kappa shape index (κ3) is 6.06. The first-order valence-corrected chi connectivity index (χ1v) is 15.1. The zero-order valence-electron chi connectivity index (χ0n) is 24.2. The van der Waals surface area contributed by atoms with Crippen molar-refractivity contribution in [3.8, 4) is 28.3 Å². The van der Waals surface area contributed by atoms with E-state index in [9.17, 15) is 19.2 Å². The Kier molecular flexibility index (Phi) is 8.41. The number of fused-ring (bicyclic) bond motifs is 1. The predicted molar refractivity (Wildman–Crippen MR) is 170 cm³/mol. The van der Waals surface area contributed by atoms with Crippen LogP contribution in [0.5, 0.6) is 5.75 Å². The molecule has 45 heavy (non-hydrogen) atoms. The minimum atomic E-state index is -0.642. The number of aromatic amines is 1. The zero-order chi connectivity index (χ0) is 31.5. The van der Waals surface area contributed by atoms with Crippen LogP contribution < -0.4 is 21.7 Å². The summed E-state index contributed by atoms with van der Waals surface area (Å²) in [5, 5.41) is 13.2. The van der Waals surface area contributed by atoms with Crippen LogP contribution in [0.4, 0.5) is 0 Å². The molecule has 228 valence electrons. The van der Waals surface area contributed by atoms with E-state index in [2.05, 4.69) is 14.7 Å². The van der Waals surface area contributed by atoms with E-state index in [1.165, 1.54) is 11.3 Å². The zero-order valence-corrected chi connectivity index (χ0v) is 25.0. The van der Waals surface area contributed by atoms with Crippen molar-refractivity contribution in [2.75, 3.05) is 13.2 Å². The first-order chi connectivity index (χ1) is 21.9. The molecule has 0 radical (unpaired) electrons. The predicted octanol–water partition coefficient (Wildman–Crippen LogP) is 4.10. The van der Waals surface area contributed by atoms with Crippen LogP contribution in [-0.2, 0) is 19.5 Å². The Hall–Kier alpha value is -5.33. The molecule has 0 bridgehead atoms. The Labute approximate surface area is 259 Å². The first-order valence-electron chi connectivity index (χ1n) is 14.2. The lowest BCUT2D eigenvalue weighted by molar-refractivity contribution is 0.0968. The summed E-state index contributed by atoms with van der Waals surface area (Å²) in [6.45, 7) is 1.74. The van der Waals surface area contributed by atoms with Gasteiger partial charge in [0.15, 0.2) is 11.6 Å². The Balaban J connectivity index is 1.33. The number of carbonyl (C=O) groups is 1. The van der Waals surface area contributed by atoms with E-state index in [0.29, 0.717) is 39.3 Å². The summed E-state index contributed by atoms with van der Waals surface area (Å²) >= 11 is 1.39. The monoisotopic (exact) mass is 624 g/mol. The Morgan fingerprint density at radius 3 is 2.38 bits per heavy atom. The molecule has 2 N–H and O–H groups in total.